The van der Waals surface area contributed by atoms with Crippen molar-refractivity contribution in [2.45, 2.75) is 31.8 Å². The van der Waals surface area contributed by atoms with E-state index in [1.54, 1.807) is 18.5 Å². The van der Waals surface area contributed by atoms with Gasteiger partial charge in [0.1, 0.15) is 24.0 Å². The van der Waals surface area contributed by atoms with Crippen LogP contribution in [0.4, 0.5) is 11.6 Å². The lowest BCUT2D eigenvalue weighted by molar-refractivity contribution is -0.128. The minimum absolute atomic E-state index is 0.0840. The number of carbonyl (C=O) groups is 1. The third kappa shape index (κ3) is 3.85. The molecule has 1 unspecified atom stereocenters. The van der Waals surface area contributed by atoms with Crippen molar-refractivity contribution in [3.8, 4) is 6.07 Å². The van der Waals surface area contributed by atoms with Gasteiger partial charge < -0.3 is 15.1 Å². The van der Waals surface area contributed by atoms with Crippen LogP contribution in [0.2, 0.25) is 0 Å². The molecular formula is C20H22N6O. The Labute approximate surface area is 158 Å². The van der Waals surface area contributed by atoms with Gasteiger partial charge in [0, 0.05) is 32.2 Å². The van der Waals surface area contributed by atoms with E-state index in [1.807, 2.05) is 23.1 Å². The van der Waals surface area contributed by atoms with Crippen LogP contribution in [0, 0.1) is 11.3 Å². The first-order chi connectivity index (χ1) is 13.2. The molecule has 0 bridgehead atoms. The zero-order valence-electron chi connectivity index (χ0n) is 15.1. The number of nitrogens with one attached hydrogen (secondary N) is 1. The van der Waals surface area contributed by atoms with E-state index in [1.165, 1.54) is 12.8 Å². The molecule has 1 N–H and O–H groups in total. The van der Waals surface area contributed by atoms with Gasteiger partial charge in [-0.15, -0.1) is 0 Å². The summed E-state index contributed by atoms with van der Waals surface area (Å²) in [4.78, 5) is 25.5. The highest BCUT2D eigenvalue weighted by Crippen LogP contribution is 2.22. The van der Waals surface area contributed by atoms with Crippen molar-refractivity contribution < 1.29 is 4.79 Å². The van der Waals surface area contributed by atoms with Crippen molar-refractivity contribution in [3.05, 3.63) is 47.8 Å². The fourth-order valence-electron chi connectivity index (χ4n) is 3.66. The highest BCUT2D eigenvalue weighted by atomic mass is 16.2. The third-order valence-corrected chi connectivity index (χ3v) is 5.16. The number of nitriles is 1. The maximum atomic E-state index is 12.7. The summed E-state index contributed by atoms with van der Waals surface area (Å²) in [6, 6.07) is 11.2. The minimum Gasteiger partial charge on any atom is -0.358 e. The molecule has 0 aliphatic carbocycles. The van der Waals surface area contributed by atoms with Gasteiger partial charge in [-0.2, -0.15) is 5.26 Å². The van der Waals surface area contributed by atoms with Crippen LogP contribution in [0.1, 0.15) is 30.4 Å². The van der Waals surface area contributed by atoms with Crippen LogP contribution in [0.3, 0.4) is 0 Å². The second-order valence-corrected chi connectivity index (χ2v) is 7.01. The second-order valence-electron chi connectivity index (χ2n) is 7.01. The SMILES string of the molecule is N#Cc1ccc(CN2CCC(Nc3cc(N4CCCC4)ncn3)C2=O)cc1. The lowest BCUT2D eigenvalue weighted by Crippen LogP contribution is -2.33. The molecule has 7 heteroatoms. The molecule has 3 heterocycles. The van der Waals surface area contributed by atoms with Crippen LogP contribution in [-0.4, -0.2) is 46.5 Å². The largest absolute Gasteiger partial charge is 0.358 e. The van der Waals surface area contributed by atoms with Gasteiger partial charge in [-0.3, -0.25) is 4.79 Å². The predicted octanol–water partition coefficient (Wildman–Crippen LogP) is 2.16. The molecule has 1 amide bonds. The zero-order chi connectivity index (χ0) is 18.6. The molecule has 1 aromatic carbocycles. The van der Waals surface area contributed by atoms with Crippen LogP contribution < -0.4 is 10.2 Å². The first kappa shape index (κ1) is 17.3. The Hall–Kier alpha value is -3.14. The van der Waals surface area contributed by atoms with E-state index in [0.717, 1.165) is 30.9 Å². The number of anilines is 2. The summed E-state index contributed by atoms with van der Waals surface area (Å²) in [5.41, 5.74) is 1.66. The normalized spacial score (nSPS) is 19.4. The molecule has 0 saturated carbocycles. The van der Waals surface area contributed by atoms with E-state index in [-0.39, 0.29) is 11.9 Å². The lowest BCUT2D eigenvalue weighted by atomic mass is 10.1. The molecule has 2 saturated heterocycles. The number of hydrogen-bond donors (Lipinski definition) is 1. The smallest absolute Gasteiger partial charge is 0.245 e. The number of amides is 1. The van der Waals surface area contributed by atoms with E-state index >= 15 is 0 Å². The van der Waals surface area contributed by atoms with Crippen LogP contribution in [0.25, 0.3) is 0 Å². The average Bonchev–Trinajstić information content (AvgIpc) is 3.35. The van der Waals surface area contributed by atoms with Crippen LogP contribution >= 0.6 is 0 Å². The van der Waals surface area contributed by atoms with Crippen molar-refractivity contribution in [1.82, 2.24) is 14.9 Å². The molecule has 2 aliphatic heterocycles. The molecule has 2 fully saturated rings. The number of likely N-dealkylation sites (tertiary alicyclic amines) is 1. The van der Waals surface area contributed by atoms with E-state index in [2.05, 4.69) is 26.3 Å². The van der Waals surface area contributed by atoms with Crippen molar-refractivity contribution in [1.29, 1.82) is 5.26 Å². The standard InChI is InChI=1S/C20H22N6O/c21-12-15-3-5-16(6-4-15)13-26-10-7-17(20(26)27)24-18-11-19(23-14-22-18)25-8-1-2-9-25/h3-6,11,14,17H,1-2,7-10,13H2,(H,22,23,24). The Kier molecular flexibility index (Phi) is 4.88. The predicted molar refractivity (Wildman–Crippen MR) is 102 cm³/mol. The summed E-state index contributed by atoms with van der Waals surface area (Å²) in [5, 5.41) is 12.2. The van der Waals surface area contributed by atoms with E-state index < -0.39 is 0 Å². The van der Waals surface area contributed by atoms with Crippen molar-refractivity contribution in [2.75, 3.05) is 29.9 Å². The maximum Gasteiger partial charge on any atom is 0.245 e. The van der Waals surface area contributed by atoms with Crippen LogP contribution in [0.15, 0.2) is 36.7 Å². The first-order valence-corrected chi connectivity index (χ1v) is 9.34. The minimum atomic E-state index is -0.260. The topological polar surface area (TPSA) is 85.2 Å². The monoisotopic (exact) mass is 362 g/mol. The van der Waals surface area contributed by atoms with Gasteiger partial charge in [-0.25, -0.2) is 9.97 Å². The van der Waals surface area contributed by atoms with E-state index in [4.69, 9.17) is 5.26 Å². The Morgan fingerprint density at radius 3 is 2.67 bits per heavy atom. The molecule has 27 heavy (non-hydrogen) atoms. The Bertz CT molecular complexity index is 854. The first-order valence-electron chi connectivity index (χ1n) is 9.34. The number of nitrogens with zero attached hydrogens (tertiary/aromatic N) is 5. The molecular weight excluding hydrogens is 340 g/mol. The van der Waals surface area contributed by atoms with Gasteiger partial charge >= 0.3 is 0 Å². The van der Waals surface area contributed by atoms with Gasteiger partial charge in [0.15, 0.2) is 0 Å². The Morgan fingerprint density at radius 2 is 1.93 bits per heavy atom. The molecule has 2 aromatic rings. The molecule has 138 valence electrons. The van der Waals surface area contributed by atoms with E-state index in [9.17, 15) is 4.79 Å². The average molecular weight is 362 g/mol. The van der Waals surface area contributed by atoms with Crippen molar-refractivity contribution in [2.24, 2.45) is 0 Å². The number of rotatable bonds is 5. The van der Waals surface area contributed by atoms with Crippen molar-refractivity contribution in [3.63, 3.8) is 0 Å². The number of benzene rings is 1. The van der Waals surface area contributed by atoms with Crippen molar-refractivity contribution >= 4 is 17.5 Å². The van der Waals surface area contributed by atoms with Crippen LogP contribution in [-0.2, 0) is 11.3 Å². The highest BCUT2D eigenvalue weighted by Gasteiger charge is 2.31. The third-order valence-electron chi connectivity index (χ3n) is 5.16. The highest BCUT2D eigenvalue weighted by molar-refractivity contribution is 5.86. The quantitative estimate of drug-likeness (QED) is 0.877. The molecule has 2 aliphatic rings. The van der Waals surface area contributed by atoms with Gasteiger partial charge in [0.25, 0.3) is 0 Å². The number of aromatic nitrogens is 2. The molecule has 1 aromatic heterocycles. The maximum absolute atomic E-state index is 12.7. The summed E-state index contributed by atoms with van der Waals surface area (Å²) in [7, 11) is 0. The van der Waals surface area contributed by atoms with Gasteiger partial charge in [0.2, 0.25) is 5.91 Å². The summed E-state index contributed by atoms with van der Waals surface area (Å²) >= 11 is 0. The fourth-order valence-corrected chi connectivity index (χ4v) is 3.66. The molecule has 4 rings (SSSR count). The van der Waals surface area contributed by atoms with Crippen LogP contribution in [0.5, 0.6) is 0 Å². The van der Waals surface area contributed by atoms with E-state index in [0.29, 0.717) is 24.5 Å². The Morgan fingerprint density at radius 1 is 1.15 bits per heavy atom. The number of carbonyl (C=O) groups excluding carboxylic acids is 1. The summed E-state index contributed by atoms with van der Waals surface area (Å²) in [6.45, 7) is 3.32. The number of hydrogen-bond acceptors (Lipinski definition) is 6. The summed E-state index contributed by atoms with van der Waals surface area (Å²) < 4.78 is 0. The molecule has 0 radical (unpaired) electrons. The van der Waals surface area contributed by atoms with Gasteiger partial charge in [0.05, 0.1) is 11.6 Å². The zero-order valence-corrected chi connectivity index (χ0v) is 15.1. The van der Waals surface area contributed by atoms with Gasteiger partial charge in [-0.1, -0.05) is 12.1 Å². The fraction of sp³-hybridized carbons (Fsp3) is 0.400. The molecule has 1 atom stereocenters. The lowest BCUT2D eigenvalue weighted by Gasteiger charge is -2.19. The summed E-state index contributed by atoms with van der Waals surface area (Å²) in [6.07, 6.45) is 4.69. The summed E-state index contributed by atoms with van der Waals surface area (Å²) in [5.74, 6) is 1.70. The molecule has 7 nitrogen and oxygen atoms in total. The molecule has 0 spiro atoms. The second kappa shape index (κ2) is 7.62. The van der Waals surface area contributed by atoms with Gasteiger partial charge in [-0.05, 0) is 37.0 Å². The Balaban J connectivity index is 1.38.